The van der Waals surface area contributed by atoms with Gasteiger partial charge in [0, 0.05) is 6.04 Å². The van der Waals surface area contributed by atoms with Crippen LogP contribution in [0.2, 0.25) is 0 Å². The Balaban J connectivity index is 1.60. The molecular weight excluding hydrogens is 342 g/mol. The van der Waals surface area contributed by atoms with Gasteiger partial charge in [0.05, 0.1) is 11.2 Å². The molecule has 1 saturated carbocycles. The molecule has 0 saturated heterocycles. The molecular formula is C16H19N5OS2. The average molecular weight is 361 g/mol. The van der Waals surface area contributed by atoms with Crippen molar-refractivity contribution >= 4 is 44.0 Å². The van der Waals surface area contributed by atoms with Gasteiger partial charge in [0.1, 0.15) is 15.8 Å². The number of thiophene rings is 1. The molecule has 6 nitrogen and oxygen atoms in total. The smallest absolute Gasteiger partial charge is 0.236 e. The molecule has 3 aromatic heterocycles. The van der Waals surface area contributed by atoms with Crippen LogP contribution in [0.15, 0.2) is 17.5 Å². The second kappa shape index (κ2) is 6.62. The monoisotopic (exact) mass is 361 g/mol. The van der Waals surface area contributed by atoms with Crippen LogP contribution >= 0.6 is 22.9 Å². The number of hydrogen-bond donors (Lipinski definition) is 2. The van der Waals surface area contributed by atoms with Crippen molar-refractivity contribution in [2.45, 2.75) is 44.8 Å². The maximum absolute atomic E-state index is 6.21. The summed E-state index contributed by atoms with van der Waals surface area (Å²) >= 11 is 3.01. The summed E-state index contributed by atoms with van der Waals surface area (Å²) in [6.07, 6.45) is 4.16. The maximum Gasteiger partial charge on any atom is 0.236 e. The zero-order chi connectivity index (χ0) is 16.5. The van der Waals surface area contributed by atoms with Crippen molar-refractivity contribution in [1.29, 1.82) is 0 Å². The third-order valence-corrected chi connectivity index (χ3v) is 5.82. The molecule has 0 aliphatic heterocycles. The van der Waals surface area contributed by atoms with Crippen molar-refractivity contribution in [2.24, 2.45) is 5.73 Å². The predicted octanol–water partition coefficient (Wildman–Crippen LogP) is 3.85. The van der Waals surface area contributed by atoms with E-state index in [1.807, 2.05) is 24.4 Å². The number of hydrogen-bond acceptors (Lipinski definition) is 8. The molecule has 3 N–H and O–H groups in total. The standard InChI is InChI=1S/C16H19N5OS2/c1-9-8-13(24-21-9)19-16-18-12-6-7-23-14(12)15(20-16)22-11-4-2-10(17)3-5-11/h6-8,10-11H,2-5,17H2,1H3,(H,18,19,20). The molecule has 0 bridgehead atoms. The summed E-state index contributed by atoms with van der Waals surface area (Å²) in [7, 11) is 0. The molecule has 4 rings (SSSR count). The molecule has 1 aliphatic carbocycles. The van der Waals surface area contributed by atoms with Gasteiger partial charge >= 0.3 is 0 Å². The van der Waals surface area contributed by atoms with Crippen LogP contribution in [0.4, 0.5) is 10.9 Å². The van der Waals surface area contributed by atoms with Crippen molar-refractivity contribution in [3.63, 3.8) is 0 Å². The summed E-state index contributed by atoms with van der Waals surface area (Å²) in [5.41, 5.74) is 7.87. The first-order valence-corrected chi connectivity index (χ1v) is 9.70. The fourth-order valence-corrected chi connectivity index (χ4v) is 4.29. The van der Waals surface area contributed by atoms with E-state index in [1.165, 1.54) is 11.5 Å². The van der Waals surface area contributed by atoms with Gasteiger partial charge in [-0.3, -0.25) is 0 Å². The Kier molecular flexibility index (Phi) is 4.34. The summed E-state index contributed by atoms with van der Waals surface area (Å²) in [5, 5.41) is 6.17. The quantitative estimate of drug-likeness (QED) is 0.734. The second-order valence-corrected chi connectivity index (χ2v) is 7.82. The summed E-state index contributed by atoms with van der Waals surface area (Å²) in [4.78, 5) is 9.18. The van der Waals surface area contributed by atoms with E-state index in [4.69, 9.17) is 10.5 Å². The first-order valence-electron chi connectivity index (χ1n) is 8.05. The van der Waals surface area contributed by atoms with Gasteiger partial charge in [-0.05, 0) is 61.7 Å². The number of nitrogens with one attached hydrogen (secondary N) is 1. The van der Waals surface area contributed by atoms with E-state index in [0.717, 1.165) is 46.6 Å². The van der Waals surface area contributed by atoms with E-state index >= 15 is 0 Å². The lowest BCUT2D eigenvalue weighted by Crippen LogP contribution is -2.31. The molecule has 8 heteroatoms. The highest BCUT2D eigenvalue weighted by Crippen LogP contribution is 2.33. The largest absolute Gasteiger partial charge is 0.473 e. The van der Waals surface area contributed by atoms with Gasteiger partial charge in [-0.15, -0.1) is 11.3 Å². The van der Waals surface area contributed by atoms with Gasteiger partial charge < -0.3 is 15.8 Å². The lowest BCUT2D eigenvalue weighted by atomic mass is 9.94. The number of anilines is 2. The molecule has 0 unspecified atom stereocenters. The second-order valence-electron chi connectivity index (χ2n) is 6.10. The molecule has 1 fully saturated rings. The van der Waals surface area contributed by atoms with Crippen LogP contribution in [-0.4, -0.2) is 26.5 Å². The first kappa shape index (κ1) is 15.7. The van der Waals surface area contributed by atoms with Crippen molar-refractivity contribution in [3.8, 4) is 5.88 Å². The Hall–Kier alpha value is -1.77. The van der Waals surface area contributed by atoms with Crippen molar-refractivity contribution in [3.05, 3.63) is 23.2 Å². The third kappa shape index (κ3) is 3.35. The topological polar surface area (TPSA) is 86.0 Å². The summed E-state index contributed by atoms with van der Waals surface area (Å²) in [5.74, 6) is 1.21. The summed E-state index contributed by atoms with van der Waals surface area (Å²) in [6.45, 7) is 1.97. The van der Waals surface area contributed by atoms with Crippen LogP contribution in [0.1, 0.15) is 31.4 Å². The zero-order valence-electron chi connectivity index (χ0n) is 13.4. The predicted molar refractivity (Wildman–Crippen MR) is 98.4 cm³/mol. The average Bonchev–Trinajstić information content (AvgIpc) is 3.19. The van der Waals surface area contributed by atoms with Crippen LogP contribution in [0, 0.1) is 6.92 Å². The molecule has 0 aromatic carbocycles. The van der Waals surface area contributed by atoms with Crippen molar-refractivity contribution in [2.75, 3.05) is 5.32 Å². The third-order valence-electron chi connectivity index (χ3n) is 4.13. The summed E-state index contributed by atoms with van der Waals surface area (Å²) in [6, 6.07) is 4.28. The number of nitrogens with zero attached hydrogens (tertiary/aromatic N) is 3. The lowest BCUT2D eigenvalue weighted by Gasteiger charge is -2.26. The Labute approximate surface area is 148 Å². The zero-order valence-corrected chi connectivity index (χ0v) is 15.0. The fraction of sp³-hybridized carbons (Fsp3) is 0.438. The highest BCUT2D eigenvalue weighted by atomic mass is 32.1. The van der Waals surface area contributed by atoms with Crippen molar-refractivity contribution in [1.82, 2.24) is 14.3 Å². The van der Waals surface area contributed by atoms with Gasteiger partial charge in [-0.2, -0.15) is 9.36 Å². The Bertz CT molecular complexity index is 838. The number of aryl methyl sites for hydroxylation is 1. The number of nitrogens with two attached hydrogens (primary N) is 1. The minimum absolute atomic E-state index is 0.184. The Morgan fingerprint density at radius 3 is 2.83 bits per heavy atom. The number of ether oxygens (including phenoxy) is 1. The molecule has 3 heterocycles. The molecule has 126 valence electrons. The molecule has 0 atom stereocenters. The van der Waals surface area contributed by atoms with Gasteiger partial charge in [0.15, 0.2) is 0 Å². The highest BCUT2D eigenvalue weighted by Gasteiger charge is 2.22. The van der Waals surface area contributed by atoms with Crippen molar-refractivity contribution < 1.29 is 4.74 Å². The first-order chi connectivity index (χ1) is 11.7. The van der Waals surface area contributed by atoms with Gasteiger partial charge in [0.2, 0.25) is 11.8 Å². The molecule has 24 heavy (non-hydrogen) atoms. The lowest BCUT2D eigenvalue weighted by molar-refractivity contribution is 0.143. The molecule has 0 spiro atoms. The van der Waals surface area contributed by atoms with E-state index in [2.05, 4.69) is 19.7 Å². The molecule has 0 amide bonds. The van der Waals surface area contributed by atoms with Crippen LogP contribution in [0.25, 0.3) is 10.2 Å². The fourth-order valence-electron chi connectivity index (χ4n) is 2.87. The molecule has 3 aromatic rings. The molecule has 1 aliphatic rings. The van der Waals surface area contributed by atoms with Crippen LogP contribution in [0.3, 0.4) is 0 Å². The highest BCUT2D eigenvalue weighted by molar-refractivity contribution is 7.17. The minimum atomic E-state index is 0.184. The van der Waals surface area contributed by atoms with Crippen LogP contribution in [0.5, 0.6) is 5.88 Å². The number of aromatic nitrogens is 3. The van der Waals surface area contributed by atoms with Crippen LogP contribution < -0.4 is 15.8 Å². The SMILES string of the molecule is Cc1cc(Nc2nc(OC3CCC(N)CC3)c3sccc3n2)sn1. The van der Waals surface area contributed by atoms with Gasteiger partial charge in [-0.25, -0.2) is 4.98 Å². The van der Waals surface area contributed by atoms with E-state index in [9.17, 15) is 0 Å². The minimum Gasteiger partial charge on any atom is -0.473 e. The van der Waals surface area contributed by atoms with Gasteiger partial charge in [-0.1, -0.05) is 0 Å². The van der Waals surface area contributed by atoms with E-state index < -0.39 is 0 Å². The molecule has 0 radical (unpaired) electrons. The van der Waals surface area contributed by atoms with E-state index in [1.54, 1.807) is 11.3 Å². The summed E-state index contributed by atoms with van der Waals surface area (Å²) < 4.78 is 11.5. The van der Waals surface area contributed by atoms with Crippen LogP contribution in [-0.2, 0) is 0 Å². The van der Waals surface area contributed by atoms with E-state index in [0.29, 0.717) is 17.9 Å². The van der Waals surface area contributed by atoms with Gasteiger partial charge in [0.25, 0.3) is 0 Å². The number of rotatable bonds is 4. The number of fused-ring (bicyclic) bond motifs is 1. The Morgan fingerprint density at radius 1 is 1.25 bits per heavy atom. The van der Waals surface area contributed by atoms with E-state index in [-0.39, 0.29) is 6.10 Å². The Morgan fingerprint density at radius 2 is 2.08 bits per heavy atom. The maximum atomic E-state index is 6.21. The normalized spacial score (nSPS) is 21.1.